The molecule has 0 fully saturated rings. The van der Waals surface area contributed by atoms with Crippen molar-refractivity contribution >= 4 is 15.7 Å². The van der Waals surface area contributed by atoms with Gasteiger partial charge in [0.15, 0.2) is 0 Å². The molecule has 0 spiro atoms. The van der Waals surface area contributed by atoms with Crippen LogP contribution in [0.2, 0.25) is 0 Å². The lowest BCUT2D eigenvalue weighted by Crippen LogP contribution is -2.38. The van der Waals surface area contributed by atoms with E-state index in [1.54, 1.807) is 12.1 Å². The predicted octanol–water partition coefficient (Wildman–Crippen LogP) is 3.27. The summed E-state index contributed by atoms with van der Waals surface area (Å²) in [6.07, 6.45) is 1.67. The zero-order valence-electron chi connectivity index (χ0n) is 14.0. The molecule has 0 saturated carbocycles. The molecule has 24 heavy (non-hydrogen) atoms. The minimum absolute atomic E-state index is 0.140. The minimum atomic E-state index is -3.31. The van der Waals surface area contributed by atoms with Crippen LogP contribution in [0.4, 0.5) is 5.69 Å². The van der Waals surface area contributed by atoms with Crippen molar-refractivity contribution in [3.8, 4) is 0 Å². The SMILES string of the molecule is CC(CCS(=O)(=O)Nc1ccccc1)N1CCc2ccccc2C1. The normalized spacial score (nSPS) is 16.4. The first-order chi connectivity index (χ1) is 11.5. The number of sulfonamides is 1. The first-order valence-electron chi connectivity index (χ1n) is 8.40. The van der Waals surface area contributed by atoms with Crippen LogP contribution < -0.4 is 4.72 Å². The number of hydrogen-bond acceptors (Lipinski definition) is 3. The Morgan fingerprint density at radius 2 is 1.71 bits per heavy atom. The van der Waals surface area contributed by atoms with Gasteiger partial charge in [-0.3, -0.25) is 9.62 Å². The fourth-order valence-corrected chi connectivity index (χ4v) is 4.39. The van der Waals surface area contributed by atoms with Gasteiger partial charge in [-0.05, 0) is 43.0 Å². The van der Waals surface area contributed by atoms with E-state index in [0.717, 1.165) is 19.5 Å². The Morgan fingerprint density at radius 3 is 2.46 bits per heavy atom. The van der Waals surface area contributed by atoms with E-state index >= 15 is 0 Å². The maximum atomic E-state index is 12.3. The highest BCUT2D eigenvalue weighted by molar-refractivity contribution is 7.92. The van der Waals surface area contributed by atoms with E-state index < -0.39 is 10.0 Å². The van der Waals surface area contributed by atoms with Gasteiger partial charge in [0.2, 0.25) is 10.0 Å². The number of rotatable bonds is 6. The summed E-state index contributed by atoms with van der Waals surface area (Å²) in [5, 5.41) is 0. The Bertz CT molecular complexity index is 775. The molecule has 5 heteroatoms. The van der Waals surface area contributed by atoms with Gasteiger partial charge < -0.3 is 0 Å². The Labute approximate surface area is 144 Å². The lowest BCUT2D eigenvalue weighted by Gasteiger charge is -2.33. The second kappa shape index (κ2) is 7.36. The van der Waals surface area contributed by atoms with E-state index in [2.05, 4.69) is 40.8 Å². The lowest BCUT2D eigenvalue weighted by molar-refractivity contribution is 0.187. The summed E-state index contributed by atoms with van der Waals surface area (Å²) in [5.41, 5.74) is 3.40. The second-order valence-electron chi connectivity index (χ2n) is 6.41. The van der Waals surface area contributed by atoms with Crippen LogP contribution in [0.1, 0.15) is 24.5 Å². The van der Waals surface area contributed by atoms with Crippen LogP contribution in [0.15, 0.2) is 54.6 Å². The number of para-hydroxylation sites is 1. The largest absolute Gasteiger partial charge is 0.296 e. The average Bonchev–Trinajstić information content (AvgIpc) is 2.60. The smallest absolute Gasteiger partial charge is 0.232 e. The third-order valence-corrected chi connectivity index (χ3v) is 5.95. The zero-order chi connectivity index (χ0) is 17.0. The fourth-order valence-electron chi connectivity index (χ4n) is 3.14. The molecule has 0 radical (unpaired) electrons. The highest BCUT2D eigenvalue weighted by Crippen LogP contribution is 2.21. The van der Waals surface area contributed by atoms with Crippen molar-refractivity contribution in [2.75, 3.05) is 17.0 Å². The molecule has 0 saturated heterocycles. The average molecular weight is 344 g/mol. The molecule has 1 heterocycles. The maximum Gasteiger partial charge on any atom is 0.232 e. The molecule has 0 bridgehead atoms. The molecule has 128 valence electrons. The number of fused-ring (bicyclic) bond motifs is 1. The number of nitrogens with zero attached hydrogens (tertiary/aromatic N) is 1. The summed E-state index contributed by atoms with van der Waals surface area (Å²) in [7, 11) is -3.31. The van der Waals surface area contributed by atoms with Gasteiger partial charge >= 0.3 is 0 Å². The quantitative estimate of drug-likeness (QED) is 0.875. The van der Waals surface area contributed by atoms with Gasteiger partial charge in [-0.2, -0.15) is 0 Å². The molecule has 1 atom stereocenters. The lowest BCUT2D eigenvalue weighted by atomic mass is 9.98. The molecule has 1 unspecified atom stereocenters. The zero-order valence-corrected chi connectivity index (χ0v) is 14.8. The number of anilines is 1. The molecule has 2 aromatic rings. The van der Waals surface area contributed by atoms with Crippen LogP contribution in [0.5, 0.6) is 0 Å². The third kappa shape index (κ3) is 4.36. The minimum Gasteiger partial charge on any atom is -0.296 e. The van der Waals surface area contributed by atoms with Gasteiger partial charge in [0.05, 0.1) is 5.75 Å². The molecule has 3 rings (SSSR count). The van der Waals surface area contributed by atoms with Gasteiger partial charge in [0.1, 0.15) is 0 Å². The van der Waals surface area contributed by atoms with E-state index in [9.17, 15) is 8.42 Å². The van der Waals surface area contributed by atoms with Crippen molar-refractivity contribution in [1.29, 1.82) is 0 Å². The second-order valence-corrected chi connectivity index (χ2v) is 8.26. The topological polar surface area (TPSA) is 49.4 Å². The van der Waals surface area contributed by atoms with E-state index in [1.807, 2.05) is 18.2 Å². The summed E-state index contributed by atoms with van der Waals surface area (Å²) < 4.78 is 27.2. The summed E-state index contributed by atoms with van der Waals surface area (Å²) in [5.74, 6) is 0.140. The molecular weight excluding hydrogens is 320 g/mol. The van der Waals surface area contributed by atoms with Gasteiger partial charge in [0.25, 0.3) is 0 Å². The molecule has 0 aliphatic carbocycles. The molecule has 0 amide bonds. The standard InChI is InChI=1S/C19H24N2O2S/c1-16(21-13-11-17-7-5-6-8-18(17)15-21)12-14-24(22,23)20-19-9-3-2-4-10-19/h2-10,16,20H,11-15H2,1H3. The van der Waals surface area contributed by atoms with Crippen molar-refractivity contribution in [2.24, 2.45) is 0 Å². The van der Waals surface area contributed by atoms with Gasteiger partial charge in [-0.1, -0.05) is 42.5 Å². The summed E-state index contributed by atoms with van der Waals surface area (Å²) in [6, 6.07) is 17.8. The van der Waals surface area contributed by atoms with E-state index in [1.165, 1.54) is 11.1 Å². The van der Waals surface area contributed by atoms with E-state index in [-0.39, 0.29) is 11.8 Å². The Kier molecular flexibility index (Phi) is 5.21. The molecule has 1 N–H and O–H groups in total. The molecule has 4 nitrogen and oxygen atoms in total. The predicted molar refractivity (Wildman–Crippen MR) is 98.5 cm³/mol. The highest BCUT2D eigenvalue weighted by atomic mass is 32.2. The monoisotopic (exact) mass is 344 g/mol. The molecule has 1 aliphatic heterocycles. The summed E-state index contributed by atoms with van der Waals surface area (Å²) in [4.78, 5) is 2.38. The number of benzene rings is 2. The van der Waals surface area contributed by atoms with Crippen molar-refractivity contribution in [3.05, 3.63) is 65.7 Å². The highest BCUT2D eigenvalue weighted by Gasteiger charge is 2.22. The summed E-state index contributed by atoms with van der Waals surface area (Å²) >= 11 is 0. The van der Waals surface area contributed by atoms with Crippen molar-refractivity contribution < 1.29 is 8.42 Å². The molecular formula is C19H24N2O2S. The first kappa shape index (κ1) is 17.0. The van der Waals surface area contributed by atoms with Crippen LogP contribution in [-0.2, 0) is 23.0 Å². The fraction of sp³-hybridized carbons (Fsp3) is 0.368. The van der Waals surface area contributed by atoms with Crippen LogP contribution in [-0.4, -0.2) is 31.7 Å². The molecule has 1 aliphatic rings. The van der Waals surface area contributed by atoms with E-state index in [4.69, 9.17) is 0 Å². The van der Waals surface area contributed by atoms with Gasteiger partial charge in [0, 0.05) is 24.8 Å². The van der Waals surface area contributed by atoms with Crippen LogP contribution in [0.3, 0.4) is 0 Å². The first-order valence-corrected chi connectivity index (χ1v) is 10.0. The Balaban J connectivity index is 1.55. The third-order valence-electron chi connectivity index (χ3n) is 4.64. The van der Waals surface area contributed by atoms with Crippen LogP contribution in [0.25, 0.3) is 0 Å². The number of nitrogens with one attached hydrogen (secondary N) is 1. The Hall–Kier alpha value is -1.85. The molecule has 2 aromatic carbocycles. The van der Waals surface area contributed by atoms with Crippen LogP contribution in [0, 0.1) is 0 Å². The number of hydrogen-bond donors (Lipinski definition) is 1. The van der Waals surface area contributed by atoms with E-state index in [0.29, 0.717) is 12.1 Å². The van der Waals surface area contributed by atoms with Gasteiger partial charge in [-0.15, -0.1) is 0 Å². The van der Waals surface area contributed by atoms with Gasteiger partial charge in [-0.25, -0.2) is 8.42 Å². The molecule has 0 aromatic heterocycles. The van der Waals surface area contributed by atoms with Crippen molar-refractivity contribution in [1.82, 2.24) is 4.90 Å². The van der Waals surface area contributed by atoms with Crippen molar-refractivity contribution in [3.63, 3.8) is 0 Å². The van der Waals surface area contributed by atoms with Crippen molar-refractivity contribution in [2.45, 2.75) is 32.4 Å². The Morgan fingerprint density at radius 1 is 1.04 bits per heavy atom. The van der Waals surface area contributed by atoms with Crippen LogP contribution >= 0.6 is 0 Å². The summed E-state index contributed by atoms with van der Waals surface area (Å²) in [6.45, 7) is 4.01. The maximum absolute atomic E-state index is 12.3.